The Morgan fingerprint density at radius 1 is 1.53 bits per heavy atom. The van der Waals surface area contributed by atoms with Gasteiger partial charge in [-0.1, -0.05) is 0 Å². The lowest BCUT2D eigenvalue weighted by atomic mass is 10.1. The molecule has 1 fully saturated rings. The van der Waals surface area contributed by atoms with E-state index < -0.39 is 40.2 Å². The van der Waals surface area contributed by atoms with Gasteiger partial charge in [0.25, 0.3) is 0 Å². The van der Waals surface area contributed by atoms with Crippen LogP contribution >= 0.6 is 0 Å². The SMILES string of the molecule is COC(=O)[C@H](C)N(C(=O)CC#N)[C@@H]1CCS(=O)(=O)C1. The highest BCUT2D eigenvalue weighted by Gasteiger charge is 2.39. The minimum Gasteiger partial charge on any atom is -0.467 e. The minimum absolute atomic E-state index is 0.0120. The van der Waals surface area contributed by atoms with Crippen molar-refractivity contribution in [2.45, 2.75) is 31.8 Å². The molecule has 0 N–H and O–H groups in total. The number of hydrogen-bond donors (Lipinski definition) is 0. The normalized spacial score (nSPS) is 22.3. The summed E-state index contributed by atoms with van der Waals surface area (Å²) >= 11 is 0. The molecule has 0 spiro atoms. The quantitative estimate of drug-likeness (QED) is 0.644. The Morgan fingerprint density at radius 3 is 2.58 bits per heavy atom. The number of rotatable bonds is 4. The van der Waals surface area contributed by atoms with Crippen LogP contribution in [0, 0.1) is 11.3 Å². The van der Waals surface area contributed by atoms with Crippen molar-refractivity contribution in [1.29, 1.82) is 5.26 Å². The number of carbonyl (C=O) groups is 2. The summed E-state index contributed by atoms with van der Waals surface area (Å²) in [6.07, 6.45) is -0.112. The third-order valence-corrected chi connectivity index (χ3v) is 4.83. The highest BCUT2D eigenvalue weighted by atomic mass is 32.2. The summed E-state index contributed by atoms with van der Waals surface area (Å²) in [6, 6.07) is 0.243. The van der Waals surface area contributed by atoms with Crippen LogP contribution in [-0.4, -0.2) is 55.9 Å². The van der Waals surface area contributed by atoms with E-state index in [-0.39, 0.29) is 17.9 Å². The lowest BCUT2D eigenvalue weighted by Crippen LogP contribution is -2.50. The summed E-state index contributed by atoms with van der Waals surface area (Å²) in [5.41, 5.74) is 0. The Balaban J connectivity index is 2.97. The lowest BCUT2D eigenvalue weighted by Gasteiger charge is -2.31. The molecule has 1 saturated heterocycles. The first-order chi connectivity index (χ1) is 8.82. The second kappa shape index (κ2) is 6.02. The molecule has 0 aromatic heterocycles. The molecule has 0 bridgehead atoms. The van der Waals surface area contributed by atoms with Gasteiger partial charge >= 0.3 is 5.97 Å². The maximum atomic E-state index is 11.9. The molecule has 1 rings (SSSR count). The third kappa shape index (κ3) is 3.67. The number of hydrogen-bond acceptors (Lipinski definition) is 6. The van der Waals surface area contributed by atoms with Gasteiger partial charge in [0.1, 0.15) is 12.5 Å². The average molecular weight is 288 g/mol. The van der Waals surface area contributed by atoms with E-state index in [9.17, 15) is 18.0 Å². The number of ether oxygens (including phenoxy) is 1. The molecule has 7 nitrogen and oxygen atoms in total. The van der Waals surface area contributed by atoms with Crippen LogP contribution in [0.2, 0.25) is 0 Å². The smallest absolute Gasteiger partial charge is 0.328 e. The van der Waals surface area contributed by atoms with Gasteiger partial charge in [0.2, 0.25) is 5.91 Å². The molecule has 1 amide bonds. The largest absolute Gasteiger partial charge is 0.467 e. The molecule has 2 atom stereocenters. The molecule has 8 heteroatoms. The molecular formula is C11H16N2O5S. The number of methoxy groups -OCH3 is 1. The Bertz CT molecular complexity index is 508. The van der Waals surface area contributed by atoms with Gasteiger partial charge in [-0.3, -0.25) is 4.79 Å². The fourth-order valence-electron chi connectivity index (χ4n) is 2.17. The van der Waals surface area contributed by atoms with Gasteiger partial charge in [-0.05, 0) is 13.3 Å². The van der Waals surface area contributed by atoms with E-state index in [0.29, 0.717) is 0 Å². The second-order valence-electron chi connectivity index (χ2n) is 4.39. The third-order valence-electron chi connectivity index (χ3n) is 3.08. The van der Waals surface area contributed by atoms with Crippen LogP contribution in [0.5, 0.6) is 0 Å². The van der Waals surface area contributed by atoms with Crippen LogP contribution in [0.25, 0.3) is 0 Å². The zero-order valence-corrected chi connectivity index (χ0v) is 11.6. The van der Waals surface area contributed by atoms with Gasteiger partial charge in [-0.15, -0.1) is 0 Å². The first-order valence-corrected chi connectivity index (χ1v) is 7.61. The van der Waals surface area contributed by atoms with Gasteiger partial charge in [-0.25, -0.2) is 13.2 Å². The van der Waals surface area contributed by atoms with E-state index >= 15 is 0 Å². The molecule has 0 aliphatic carbocycles. The Morgan fingerprint density at radius 2 is 2.16 bits per heavy atom. The summed E-state index contributed by atoms with van der Waals surface area (Å²) in [6.45, 7) is 1.46. The maximum Gasteiger partial charge on any atom is 0.328 e. The Kier molecular flexibility index (Phi) is 4.89. The maximum absolute atomic E-state index is 11.9. The molecular weight excluding hydrogens is 272 g/mol. The Hall–Kier alpha value is -1.62. The predicted molar refractivity (Wildman–Crippen MR) is 65.6 cm³/mol. The first kappa shape index (κ1) is 15.4. The van der Waals surface area contributed by atoms with Gasteiger partial charge in [0.05, 0.1) is 24.7 Å². The van der Waals surface area contributed by atoms with Gasteiger partial charge in [0.15, 0.2) is 9.84 Å². The fraction of sp³-hybridized carbons (Fsp3) is 0.727. The molecule has 106 valence electrons. The van der Waals surface area contributed by atoms with Crippen LogP contribution < -0.4 is 0 Å². The summed E-state index contributed by atoms with van der Waals surface area (Å²) < 4.78 is 27.5. The van der Waals surface area contributed by atoms with Gasteiger partial charge in [-0.2, -0.15) is 5.26 Å². The van der Waals surface area contributed by atoms with Crippen molar-refractivity contribution in [2.75, 3.05) is 18.6 Å². The zero-order chi connectivity index (χ0) is 14.6. The van der Waals surface area contributed by atoms with Gasteiger partial charge < -0.3 is 9.64 Å². The predicted octanol–water partition coefficient (Wildman–Crippen LogP) is -0.523. The number of carbonyl (C=O) groups excluding carboxylic acids is 2. The number of nitriles is 1. The molecule has 1 aliphatic heterocycles. The Labute approximate surface area is 112 Å². The first-order valence-electron chi connectivity index (χ1n) is 5.78. The van der Waals surface area contributed by atoms with E-state index in [4.69, 9.17) is 5.26 Å². The van der Waals surface area contributed by atoms with Crippen molar-refractivity contribution in [2.24, 2.45) is 0 Å². The van der Waals surface area contributed by atoms with Crippen LogP contribution in [0.4, 0.5) is 0 Å². The van der Waals surface area contributed by atoms with Crippen molar-refractivity contribution < 1.29 is 22.7 Å². The number of amides is 1. The molecule has 1 aliphatic rings. The number of esters is 1. The highest BCUT2D eigenvalue weighted by Crippen LogP contribution is 2.21. The molecule has 0 radical (unpaired) electrons. The molecule has 0 saturated carbocycles. The highest BCUT2D eigenvalue weighted by molar-refractivity contribution is 7.91. The standard InChI is InChI=1S/C11H16N2O5S/c1-8(11(15)18-2)13(10(14)3-5-12)9-4-6-19(16,17)7-9/h8-9H,3-4,6-7H2,1-2H3/t8-,9+/m0/s1. The minimum atomic E-state index is -3.18. The molecule has 0 unspecified atom stereocenters. The molecule has 0 aromatic carbocycles. The molecule has 0 aromatic rings. The van der Waals surface area contributed by atoms with Crippen LogP contribution in [0.15, 0.2) is 0 Å². The average Bonchev–Trinajstić information content (AvgIpc) is 2.69. The topological polar surface area (TPSA) is 105 Å². The van der Waals surface area contributed by atoms with E-state index in [1.807, 2.05) is 0 Å². The summed E-state index contributed by atoms with van der Waals surface area (Å²) in [4.78, 5) is 24.6. The zero-order valence-electron chi connectivity index (χ0n) is 10.8. The van der Waals surface area contributed by atoms with Crippen LogP contribution in [-0.2, 0) is 24.2 Å². The van der Waals surface area contributed by atoms with Crippen molar-refractivity contribution in [1.82, 2.24) is 4.90 Å². The summed E-state index contributed by atoms with van der Waals surface area (Å²) in [5.74, 6) is -1.37. The van der Waals surface area contributed by atoms with Crippen molar-refractivity contribution in [3.63, 3.8) is 0 Å². The van der Waals surface area contributed by atoms with E-state index in [1.54, 1.807) is 6.07 Å². The number of sulfone groups is 1. The monoisotopic (exact) mass is 288 g/mol. The van der Waals surface area contributed by atoms with E-state index in [0.717, 1.165) is 0 Å². The van der Waals surface area contributed by atoms with E-state index in [2.05, 4.69) is 4.74 Å². The van der Waals surface area contributed by atoms with E-state index in [1.165, 1.54) is 18.9 Å². The lowest BCUT2D eigenvalue weighted by molar-refractivity contribution is -0.153. The molecule has 19 heavy (non-hydrogen) atoms. The van der Waals surface area contributed by atoms with Crippen molar-refractivity contribution in [3.8, 4) is 6.07 Å². The second-order valence-corrected chi connectivity index (χ2v) is 6.62. The summed E-state index contributed by atoms with van der Waals surface area (Å²) in [5, 5.41) is 8.58. The van der Waals surface area contributed by atoms with Crippen molar-refractivity contribution >= 4 is 21.7 Å². The molecule has 1 heterocycles. The van der Waals surface area contributed by atoms with Gasteiger partial charge in [0, 0.05) is 6.04 Å². The van der Waals surface area contributed by atoms with Crippen LogP contribution in [0.3, 0.4) is 0 Å². The fourth-order valence-corrected chi connectivity index (χ4v) is 3.89. The van der Waals surface area contributed by atoms with Crippen LogP contribution in [0.1, 0.15) is 19.8 Å². The van der Waals surface area contributed by atoms with Crippen molar-refractivity contribution in [3.05, 3.63) is 0 Å². The number of nitrogens with zero attached hydrogens (tertiary/aromatic N) is 2. The summed E-state index contributed by atoms with van der Waals surface area (Å²) in [7, 11) is -1.99.